The molecule has 0 aliphatic heterocycles. The Labute approximate surface area is 160 Å². The number of rotatable bonds is 5. The molecule has 0 unspecified atom stereocenters. The highest BCUT2D eigenvalue weighted by molar-refractivity contribution is 5.75. The Balaban J connectivity index is 1.49. The lowest BCUT2D eigenvalue weighted by Gasteiger charge is -2.05. The van der Waals surface area contributed by atoms with Crippen molar-refractivity contribution in [3.05, 3.63) is 94.8 Å². The highest BCUT2D eigenvalue weighted by Crippen LogP contribution is 2.23. The molecule has 4 rings (SSSR count). The lowest BCUT2D eigenvalue weighted by Crippen LogP contribution is -2.11. The fourth-order valence-electron chi connectivity index (χ4n) is 2.85. The number of nitrogens with zero attached hydrogens (tertiary/aromatic N) is 3. The Kier molecular flexibility index (Phi) is 4.55. The van der Waals surface area contributed by atoms with Gasteiger partial charge in [0, 0.05) is 17.8 Å². The van der Waals surface area contributed by atoms with Gasteiger partial charge in [-0.2, -0.15) is 0 Å². The van der Waals surface area contributed by atoms with Crippen molar-refractivity contribution in [2.24, 2.45) is 0 Å². The molecule has 28 heavy (non-hydrogen) atoms. The first-order valence-corrected chi connectivity index (χ1v) is 8.57. The zero-order chi connectivity index (χ0) is 19.5. The summed E-state index contributed by atoms with van der Waals surface area (Å²) in [4.78, 5) is 27.0. The van der Waals surface area contributed by atoms with E-state index in [0.717, 1.165) is 11.1 Å². The fourth-order valence-corrected chi connectivity index (χ4v) is 2.85. The van der Waals surface area contributed by atoms with Crippen LogP contribution in [0.1, 0.15) is 5.56 Å². The van der Waals surface area contributed by atoms with Crippen LogP contribution in [-0.2, 0) is 11.2 Å². The molecule has 0 aliphatic carbocycles. The third kappa shape index (κ3) is 3.73. The van der Waals surface area contributed by atoms with E-state index in [4.69, 9.17) is 4.74 Å². The lowest BCUT2D eigenvalue weighted by atomic mass is 10.1. The summed E-state index contributed by atoms with van der Waals surface area (Å²) < 4.78 is 6.98. The van der Waals surface area contributed by atoms with Crippen LogP contribution in [0.4, 0.5) is 5.69 Å². The highest BCUT2D eigenvalue weighted by Gasteiger charge is 2.11. The second-order valence-electron chi connectivity index (χ2n) is 6.20. The number of benzene rings is 2. The molecule has 7 heteroatoms. The van der Waals surface area contributed by atoms with E-state index < -0.39 is 4.92 Å². The van der Waals surface area contributed by atoms with E-state index in [1.807, 2.05) is 30.3 Å². The number of pyridine rings is 1. The van der Waals surface area contributed by atoms with Crippen LogP contribution in [0.3, 0.4) is 0 Å². The molecule has 0 saturated carbocycles. The van der Waals surface area contributed by atoms with Crippen molar-refractivity contribution in [3.8, 4) is 17.0 Å². The number of aromatic nitrogens is 2. The summed E-state index contributed by atoms with van der Waals surface area (Å²) in [7, 11) is 0. The van der Waals surface area contributed by atoms with Crippen LogP contribution in [0.5, 0.6) is 5.75 Å². The van der Waals surface area contributed by atoms with E-state index in [1.165, 1.54) is 12.3 Å². The highest BCUT2D eigenvalue weighted by atomic mass is 16.6. The summed E-state index contributed by atoms with van der Waals surface area (Å²) in [6, 6.07) is 19.4. The van der Waals surface area contributed by atoms with Crippen molar-refractivity contribution < 1.29 is 14.5 Å². The maximum absolute atomic E-state index is 12.0. The Hall–Kier alpha value is -4.00. The van der Waals surface area contributed by atoms with Gasteiger partial charge in [0.2, 0.25) is 0 Å². The topological polar surface area (TPSA) is 86.7 Å². The molecule has 4 aromatic rings. The van der Waals surface area contributed by atoms with Crippen molar-refractivity contribution in [1.29, 1.82) is 0 Å². The molecule has 2 heterocycles. The molecule has 0 radical (unpaired) electrons. The van der Waals surface area contributed by atoms with Crippen LogP contribution in [0.15, 0.2) is 79.1 Å². The van der Waals surface area contributed by atoms with Gasteiger partial charge < -0.3 is 4.74 Å². The van der Waals surface area contributed by atoms with Gasteiger partial charge in [0.05, 0.1) is 23.2 Å². The first kappa shape index (κ1) is 17.4. The zero-order valence-electron chi connectivity index (χ0n) is 14.7. The first-order chi connectivity index (χ1) is 13.6. The summed E-state index contributed by atoms with van der Waals surface area (Å²) in [6.07, 6.45) is 3.35. The second-order valence-corrected chi connectivity index (χ2v) is 6.20. The molecular weight excluding hydrogens is 358 g/mol. The third-order valence-corrected chi connectivity index (χ3v) is 4.22. The molecular formula is C21H15N3O4. The van der Waals surface area contributed by atoms with Crippen molar-refractivity contribution in [2.75, 3.05) is 0 Å². The Morgan fingerprint density at radius 2 is 1.75 bits per heavy atom. The predicted octanol–water partition coefficient (Wildman–Crippen LogP) is 4.06. The molecule has 0 spiro atoms. The van der Waals surface area contributed by atoms with E-state index in [9.17, 15) is 14.9 Å². The molecule has 0 N–H and O–H groups in total. The first-order valence-electron chi connectivity index (χ1n) is 8.57. The second kappa shape index (κ2) is 7.32. The number of nitro groups is 1. The van der Waals surface area contributed by atoms with Gasteiger partial charge in [-0.1, -0.05) is 30.3 Å². The number of carbonyl (C=O) groups excluding carboxylic acids is 1. The molecule has 0 atom stereocenters. The van der Waals surface area contributed by atoms with Crippen LogP contribution in [-0.4, -0.2) is 20.3 Å². The van der Waals surface area contributed by atoms with E-state index in [2.05, 4.69) is 4.98 Å². The smallest absolute Gasteiger partial charge is 0.315 e. The predicted molar refractivity (Wildman–Crippen MR) is 103 cm³/mol. The van der Waals surface area contributed by atoms with Crippen LogP contribution >= 0.6 is 0 Å². The molecule has 138 valence electrons. The average Bonchev–Trinajstić information content (AvgIpc) is 3.12. The molecule has 0 aliphatic rings. The average molecular weight is 373 g/mol. The molecule has 0 bridgehead atoms. The van der Waals surface area contributed by atoms with Gasteiger partial charge in [-0.25, -0.2) is 4.98 Å². The van der Waals surface area contributed by atoms with Crippen LogP contribution in [0.25, 0.3) is 16.9 Å². The van der Waals surface area contributed by atoms with Crippen molar-refractivity contribution in [2.45, 2.75) is 6.42 Å². The summed E-state index contributed by atoms with van der Waals surface area (Å²) >= 11 is 0. The Morgan fingerprint density at radius 3 is 2.46 bits per heavy atom. The largest absolute Gasteiger partial charge is 0.426 e. The lowest BCUT2D eigenvalue weighted by molar-refractivity contribution is -0.385. The number of ether oxygens (including phenoxy) is 1. The minimum Gasteiger partial charge on any atom is -0.426 e. The summed E-state index contributed by atoms with van der Waals surface area (Å²) in [5.74, 6) is 0.114. The van der Waals surface area contributed by atoms with E-state index in [-0.39, 0.29) is 18.1 Å². The standard InChI is InChI=1S/C21H15N3O4/c25-21(12-15-4-2-1-3-5-15)28-18-9-6-16(7-10-18)19-14-23-13-17(24(26)27)8-11-20(23)22-19/h1-11,13-14H,12H2. The van der Waals surface area contributed by atoms with Crippen molar-refractivity contribution >= 4 is 17.3 Å². The molecule has 2 aromatic carbocycles. The molecule has 0 fully saturated rings. The van der Waals surface area contributed by atoms with Gasteiger partial charge in [0.25, 0.3) is 5.69 Å². The van der Waals surface area contributed by atoms with Gasteiger partial charge in [0.15, 0.2) is 0 Å². The molecule has 7 nitrogen and oxygen atoms in total. The summed E-state index contributed by atoms with van der Waals surface area (Å²) in [5, 5.41) is 10.9. The monoisotopic (exact) mass is 373 g/mol. The fraction of sp³-hybridized carbons (Fsp3) is 0.0476. The third-order valence-electron chi connectivity index (χ3n) is 4.22. The molecule has 2 aromatic heterocycles. The van der Waals surface area contributed by atoms with Crippen LogP contribution in [0.2, 0.25) is 0 Å². The van der Waals surface area contributed by atoms with Gasteiger partial charge in [-0.15, -0.1) is 0 Å². The van der Waals surface area contributed by atoms with Crippen LogP contribution in [0, 0.1) is 10.1 Å². The summed E-state index contributed by atoms with van der Waals surface area (Å²) in [6.45, 7) is 0. The zero-order valence-corrected chi connectivity index (χ0v) is 14.7. The summed E-state index contributed by atoms with van der Waals surface area (Å²) in [5.41, 5.74) is 2.98. The number of carbonyl (C=O) groups is 1. The van der Waals surface area contributed by atoms with Crippen molar-refractivity contribution in [3.63, 3.8) is 0 Å². The van der Waals surface area contributed by atoms with Gasteiger partial charge in [-0.05, 0) is 35.9 Å². The minimum atomic E-state index is -0.447. The van der Waals surface area contributed by atoms with Gasteiger partial charge in [-0.3, -0.25) is 19.3 Å². The van der Waals surface area contributed by atoms with E-state index in [0.29, 0.717) is 17.1 Å². The van der Waals surface area contributed by atoms with Gasteiger partial charge in [0.1, 0.15) is 11.4 Å². The van der Waals surface area contributed by atoms with Crippen molar-refractivity contribution in [1.82, 2.24) is 9.38 Å². The Morgan fingerprint density at radius 1 is 1.00 bits per heavy atom. The number of esters is 1. The van der Waals surface area contributed by atoms with E-state index >= 15 is 0 Å². The quantitative estimate of drug-likeness (QED) is 0.228. The molecule has 0 amide bonds. The number of hydrogen-bond acceptors (Lipinski definition) is 5. The minimum absolute atomic E-state index is 0.00266. The maximum atomic E-state index is 12.0. The van der Waals surface area contributed by atoms with Gasteiger partial charge >= 0.3 is 5.97 Å². The van der Waals surface area contributed by atoms with Crippen LogP contribution < -0.4 is 4.74 Å². The van der Waals surface area contributed by atoms with E-state index in [1.54, 1.807) is 40.9 Å². The Bertz CT molecular complexity index is 1150. The number of imidazole rings is 1. The normalized spacial score (nSPS) is 10.7. The molecule has 0 saturated heterocycles. The number of hydrogen-bond donors (Lipinski definition) is 0. The maximum Gasteiger partial charge on any atom is 0.315 e. The number of fused-ring (bicyclic) bond motifs is 1. The SMILES string of the molecule is O=C(Cc1ccccc1)Oc1ccc(-c2cn3cc([N+](=O)[O-])ccc3n2)cc1.